The maximum Gasteiger partial charge on any atom is 0.225 e. The van der Waals surface area contributed by atoms with Gasteiger partial charge in [0.05, 0.1) is 12.2 Å². The van der Waals surface area contributed by atoms with Gasteiger partial charge in [0.15, 0.2) is 0 Å². The van der Waals surface area contributed by atoms with Crippen molar-refractivity contribution in [2.45, 2.75) is 52.2 Å². The lowest BCUT2D eigenvalue weighted by Gasteiger charge is -2.35. The van der Waals surface area contributed by atoms with Crippen LogP contribution in [0.4, 0.5) is 5.95 Å². The summed E-state index contributed by atoms with van der Waals surface area (Å²) in [6.45, 7) is 10.3. The fourth-order valence-electron chi connectivity index (χ4n) is 2.33. The van der Waals surface area contributed by atoms with Gasteiger partial charge in [-0.2, -0.15) is 0 Å². The molecule has 0 radical (unpaired) electrons. The van der Waals surface area contributed by atoms with Crippen LogP contribution in [-0.4, -0.2) is 35.3 Å². The first kappa shape index (κ1) is 13.3. The van der Waals surface area contributed by atoms with E-state index in [1.165, 1.54) is 5.56 Å². The summed E-state index contributed by atoms with van der Waals surface area (Å²) in [5.74, 6) is 1.35. The van der Waals surface area contributed by atoms with Crippen molar-refractivity contribution < 1.29 is 4.74 Å². The van der Waals surface area contributed by atoms with Gasteiger partial charge in [-0.25, -0.2) is 9.97 Å². The van der Waals surface area contributed by atoms with E-state index in [9.17, 15) is 0 Å². The predicted molar refractivity (Wildman–Crippen MR) is 73.0 cm³/mol. The van der Waals surface area contributed by atoms with E-state index in [2.05, 4.69) is 42.6 Å². The van der Waals surface area contributed by atoms with Crippen molar-refractivity contribution in [3.63, 3.8) is 0 Å². The number of morpholine rings is 1. The first-order valence-electron chi connectivity index (χ1n) is 6.82. The minimum atomic E-state index is 0.242. The van der Waals surface area contributed by atoms with Crippen LogP contribution in [0.15, 0.2) is 12.4 Å². The number of ether oxygens (including phenoxy) is 1. The molecule has 0 N–H and O–H groups in total. The van der Waals surface area contributed by atoms with Gasteiger partial charge in [0.25, 0.3) is 0 Å². The molecule has 0 spiro atoms. The third-order valence-corrected chi connectivity index (χ3v) is 3.54. The number of rotatable bonds is 3. The van der Waals surface area contributed by atoms with Gasteiger partial charge >= 0.3 is 0 Å². The lowest BCUT2D eigenvalue weighted by molar-refractivity contribution is -0.00572. The highest BCUT2D eigenvalue weighted by Gasteiger charge is 2.23. The zero-order chi connectivity index (χ0) is 13.1. The van der Waals surface area contributed by atoms with E-state index >= 15 is 0 Å². The summed E-state index contributed by atoms with van der Waals surface area (Å²) in [4.78, 5) is 11.2. The molecule has 0 aliphatic carbocycles. The molecule has 1 fully saturated rings. The van der Waals surface area contributed by atoms with Crippen molar-refractivity contribution >= 4 is 5.95 Å². The van der Waals surface area contributed by atoms with Gasteiger partial charge in [-0.05, 0) is 31.7 Å². The number of aromatic nitrogens is 2. The normalized spacial score (nSPS) is 26.1. The van der Waals surface area contributed by atoms with Crippen molar-refractivity contribution in [1.29, 1.82) is 0 Å². The summed E-state index contributed by atoms with van der Waals surface area (Å²) >= 11 is 0. The van der Waals surface area contributed by atoms with E-state index in [-0.39, 0.29) is 12.2 Å². The Morgan fingerprint density at radius 3 is 2.33 bits per heavy atom. The second kappa shape index (κ2) is 5.65. The molecule has 1 aliphatic rings. The van der Waals surface area contributed by atoms with Gasteiger partial charge in [0.2, 0.25) is 5.95 Å². The van der Waals surface area contributed by atoms with E-state index in [0.29, 0.717) is 5.92 Å². The standard InChI is InChI=1S/C14H23N3O/c1-5-10(2)13-6-15-14(16-7-13)17-8-11(3)18-12(4)9-17/h6-7,10-12H,5,8-9H2,1-4H3. The quantitative estimate of drug-likeness (QED) is 0.825. The average molecular weight is 249 g/mol. The molecule has 0 saturated carbocycles. The van der Waals surface area contributed by atoms with Crippen LogP contribution in [0.5, 0.6) is 0 Å². The maximum atomic E-state index is 5.72. The smallest absolute Gasteiger partial charge is 0.225 e. The Bertz CT molecular complexity index is 369. The molecule has 1 aromatic heterocycles. The van der Waals surface area contributed by atoms with Crippen LogP contribution in [0.2, 0.25) is 0 Å². The first-order valence-corrected chi connectivity index (χ1v) is 6.82. The van der Waals surface area contributed by atoms with Crippen LogP contribution in [0.25, 0.3) is 0 Å². The van der Waals surface area contributed by atoms with Crippen LogP contribution >= 0.6 is 0 Å². The van der Waals surface area contributed by atoms with Gasteiger partial charge in [-0.15, -0.1) is 0 Å². The highest BCUT2D eigenvalue weighted by molar-refractivity contribution is 5.31. The SMILES string of the molecule is CCC(C)c1cnc(N2CC(C)OC(C)C2)nc1. The van der Waals surface area contributed by atoms with Crippen LogP contribution in [0.1, 0.15) is 45.6 Å². The Morgan fingerprint density at radius 1 is 1.28 bits per heavy atom. The second-order valence-corrected chi connectivity index (χ2v) is 5.29. The molecule has 0 aromatic carbocycles. The predicted octanol–water partition coefficient (Wildman–Crippen LogP) is 2.60. The molecule has 1 aliphatic heterocycles. The van der Waals surface area contributed by atoms with Crippen molar-refractivity contribution in [2.75, 3.05) is 18.0 Å². The Kier molecular flexibility index (Phi) is 4.17. The summed E-state index contributed by atoms with van der Waals surface area (Å²) in [5, 5.41) is 0. The van der Waals surface area contributed by atoms with Crippen molar-refractivity contribution in [2.24, 2.45) is 0 Å². The minimum Gasteiger partial charge on any atom is -0.372 e. The molecule has 2 rings (SSSR count). The lowest BCUT2D eigenvalue weighted by Crippen LogP contribution is -2.46. The van der Waals surface area contributed by atoms with Gasteiger partial charge < -0.3 is 9.64 Å². The molecule has 1 aromatic rings. The van der Waals surface area contributed by atoms with Crippen LogP contribution < -0.4 is 4.90 Å². The fraction of sp³-hybridized carbons (Fsp3) is 0.714. The molecular weight excluding hydrogens is 226 g/mol. The average Bonchev–Trinajstić information content (AvgIpc) is 2.37. The van der Waals surface area contributed by atoms with Crippen LogP contribution in [-0.2, 0) is 4.74 Å². The van der Waals surface area contributed by atoms with Gasteiger partial charge in [-0.3, -0.25) is 0 Å². The third-order valence-electron chi connectivity index (χ3n) is 3.54. The summed E-state index contributed by atoms with van der Waals surface area (Å²) in [6.07, 6.45) is 5.52. The lowest BCUT2D eigenvalue weighted by atomic mass is 10.0. The van der Waals surface area contributed by atoms with E-state index in [0.717, 1.165) is 25.5 Å². The Labute approximate surface area is 109 Å². The Morgan fingerprint density at radius 2 is 1.83 bits per heavy atom. The van der Waals surface area contributed by atoms with Crippen molar-refractivity contribution in [3.05, 3.63) is 18.0 Å². The molecule has 1 saturated heterocycles. The van der Waals surface area contributed by atoms with E-state index in [1.807, 2.05) is 12.4 Å². The molecule has 0 amide bonds. The highest BCUT2D eigenvalue weighted by atomic mass is 16.5. The number of hydrogen-bond donors (Lipinski definition) is 0. The zero-order valence-corrected chi connectivity index (χ0v) is 11.8. The fourth-order valence-corrected chi connectivity index (χ4v) is 2.33. The molecule has 3 atom stereocenters. The minimum absolute atomic E-state index is 0.242. The van der Waals surface area contributed by atoms with Crippen molar-refractivity contribution in [3.8, 4) is 0 Å². The van der Waals surface area contributed by atoms with Crippen molar-refractivity contribution in [1.82, 2.24) is 9.97 Å². The molecule has 18 heavy (non-hydrogen) atoms. The topological polar surface area (TPSA) is 38.2 Å². The van der Waals surface area contributed by atoms with Crippen LogP contribution in [0.3, 0.4) is 0 Å². The zero-order valence-electron chi connectivity index (χ0n) is 11.8. The Balaban J connectivity index is 2.09. The summed E-state index contributed by atoms with van der Waals surface area (Å²) in [6, 6.07) is 0. The van der Waals surface area contributed by atoms with Gasteiger partial charge in [-0.1, -0.05) is 13.8 Å². The van der Waals surface area contributed by atoms with Gasteiger partial charge in [0, 0.05) is 25.5 Å². The molecule has 0 bridgehead atoms. The number of anilines is 1. The van der Waals surface area contributed by atoms with E-state index < -0.39 is 0 Å². The second-order valence-electron chi connectivity index (χ2n) is 5.29. The molecule has 2 heterocycles. The molecule has 100 valence electrons. The Hall–Kier alpha value is -1.16. The summed E-state index contributed by atoms with van der Waals surface area (Å²) in [7, 11) is 0. The summed E-state index contributed by atoms with van der Waals surface area (Å²) < 4.78 is 5.72. The third kappa shape index (κ3) is 2.99. The monoisotopic (exact) mass is 249 g/mol. The van der Waals surface area contributed by atoms with Gasteiger partial charge in [0.1, 0.15) is 0 Å². The van der Waals surface area contributed by atoms with E-state index in [1.54, 1.807) is 0 Å². The largest absolute Gasteiger partial charge is 0.372 e. The molecular formula is C14H23N3O. The number of hydrogen-bond acceptors (Lipinski definition) is 4. The highest BCUT2D eigenvalue weighted by Crippen LogP contribution is 2.20. The first-order chi connectivity index (χ1) is 8.60. The molecule has 4 nitrogen and oxygen atoms in total. The molecule has 3 unspecified atom stereocenters. The number of nitrogens with zero attached hydrogens (tertiary/aromatic N) is 3. The maximum absolute atomic E-state index is 5.72. The van der Waals surface area contributed by atoms with E-state index in [4.69, 9.17) is 4.74 Å². The summed E-state index contributed by atoms with van der Waals surface area (Å²) in [5.41, 5.74) is 1.22. The van der Waals surface area contributed by atoms with Crippen LogP contribution in [0, 0.1) is 0 Å². The molecule has 4 heteroatoms.